The number of amides is 2. The molecule has 2 aromatic carbocycles. The number of carbonyl (C=O) groups excluding carboxylic acids is 2. The summed E-state index contributed by atoms with van der Waals surface area (Å²) >= 11 is 3.07. The van der Waals surface area contributed by atoms with Crippen molar-refractivity contribution >= 4 is 57.3 Å². The van der Waals surface area contributed by atoms with Crippen molar-refractivity contribution in [3.05, 3.63) is 90.1 Å². The second-order valence-electron chi connectivity index (χ2n) is 6.85. The summed E-state index contributed by atoms with van der Waals surface area (Å²) in [6, 6.07) is 15.8. The summed E-state index contributed by atoms with van der Waals surface area (Å²) in [5.74, 6) is 0.575. The number of halogens is 1. The van der Waals surface area contributed by atoms with Crippen LogP contribution in [0.2, 0.25) is 0 Å². The summed E-state index contributed by atoms with van der Waals surface area (Å²) in [6.07, 6.45) is 1.54. The number of nitro benzene ring substituents is 1. The highest BCUT2D eigenvalue weighted by atomic mass is 127. The summed E-state index contributed by atoms with van der Waals surface area (Å²) in [5, 5.41) is 10.7. The standard InChI is InChI=1S/C22H15IN2O5S/c1-13-10-15(4-8-18(13)25(28)29)19-9-7-17(30-19)11-20-21(26)24(22(27)31-20)12-14-2-5-16(23)6-3-14/h2-11H,12H2,1H3/b20-11-. The van der Waals surface area contributed by atoms with E-state index in [-0.39, 0.29) is 28.3 Å². The van der Waals surface area contributed by atoms with E-state index in [1.807, 2.05) is 24.3 Å². The van der Waals surface area contributed by atoms with Gasteiger partial charge in [-0.1, -0.05) is 12.1 Å². The fourth-order valence-electron chi connectivity index (χ4n) is 3.14. The van der Waals surface area contributed by atoms with Crippen molar-refractivity contribution in [2.24, 2.45) is 0 Å². The van der Waals surface area contributed by atoms with Gasteiger partial charge in [0.15, 0.2) is 0 Å². The average Bonchev–Trinajstić information content (AvgIpc) is 3.29. The number of thioether (sulfide) groups is 1. The number of aryl methyl sites for hydroxylation is 1. The molecule has 0 spiro atoms. The van der Waals surface area contributed by atoms with E-state index in [2.05, 4.69) is 22.6 Å². The predicted octanol–water partition coefficient (Wildman–Crippen LogP) is 6.00. The average molecular weight is 546 g/mol. The molecule has 1 aliphatic rings. The van der Waals surface area contributed by atoms with E-state index >= 15 is 0 Å². The number of nitro groups is 1. The molecule has 2 heterocycles. The number of nitrogens with zero attached hydrogens (tertiary/aromatic N) is 2. The normalized spacial score (nSPS) is 15.2. The molecule has 1 fully saturated rings. The Balaban J connectivity index is 1.53. The van der Waals surface area contributed by atoms with Crippen molar-refractivity contribution < 1.29 is 18.9 Å². The van der Waals surface area contributed by atoms with Crippen LogP contribution in [0.5, 0.6) is 0 Å². The van der Waals surface area contributed by atoms with Crippen LogP contribution in [0.1, 0.15) is 16.9 Å². The van der Waals surface area contributed by atoms with Gasteiger partial charge in [0.1, 0.15) is 11.5 Å². The molecular weight excluding hydrogens is 531 g/mol. The van der Waals surface area contributed by atoms with Gasteiger partial charge in [0.25, 0.3) is 16.8 Å². The maximum Gasteiger partial charge on any atom is 0.293 e. The lowest BCUT2D eigenvalue weighted by atomic mass is 10.1. The molecule has 4 rings (SSSR count). The number of hydrogen-bond donors (Lipinski definition) is 0. The summed E-state index contributed by atoms with van der Waals surface area (Å²) in [5.41, 5.74) is 2.13. The first kappa shape index (κ1) is 21.3. The molecule has 9 heteroatoms. The fraction of sp³-hybridized carbons (Fsp3) is 0.0909. The molecule has 0 radical (unpaired) electrons. The second-order valence-corrected chi connectivity index (χ2v) is 9.09. The molecule has 3 aromatic rings. The molecular formula is C22H15IN2O5S. The Morgan fingerprint density at radius 2 is 1.87 bits per heavy atom. The van der Waals surface area contributed by atoms with Gasteiger partial charge in [0, 0.05) is 26.8 Å². The van der Waals surface area contributed by atoms with Crippen LogP contribution in [-0.4, -0.2) is 21.0 Å². The summed E-state index contributed by atoms with van der Waals surface area (Å²) in [6.45, 7) is 1.87. The Bertz CT molecular complexity index is 1230. The third-order valence-corrected chi connectivity index (χ3v) is 6.33. The van der Waals surface area contributed by atoms with Gasteiger partial charge in [0.05, 0.1) is 16.4 Å². The molecule has 0 unspecified atom stereocenters. The van der Waals surface area contributed by atoms with Gasteiger partial charge >= 0.3 is 0 Å². The number of imide groups is 1. The zero-order valence-corrected chi connectivity index (χ0v) is 19.2. The quantitative estimate of drug-likeness (QED) is 0.169. The fourth-order valence-corrected chi connectivity index (χ4v) is 4.31. The molecule has 156 valence electrons. The minimum Gasteiger partial charge on any atom is -0.457 e. The van der Waals surface area contributed by atoms with Crippen molar-refractivity contribution in [3.8, 4) is 11.3 Å². The Hall–Kier alpha value is -2.92. The Labute approximate surface area is 195 Å². The second kappa shape index (κ2) is 8.67. The van der Waals surface area contributed by atoms with Gasteiger partial charge in [-0.2, -0.15) is 0 Å². The molecule has 31 heavy (non-hydrogen) atoms. The van der Waals surface area contributed by atoms with Crippen molar-refractivity contribution in [3.63, 3.8) is 0 Å². The van der Waals surface area contributed by atoms with Crippen molar-refractivity contribution in [1.29, 1.82) is 0 Å². The van der Waals surface area contributed by atoms with Crippen LogP contribution in [0, 0.1) is 20.6 Å². The lowest BCUT2D eigenvalue weighted by Crippen LogP contribution is -2.27. The Morgan fingerprint density at radius 1 is 1.13 bits per heavy atom. The highest BCUT2D eigenvalue weighted by Gasteiger charge is 2.35. The van der Waals surface area contributed by atoms with Gasteiger partial charge in [-0.25, -0.2) is 0 Å². The van der Waals surface area contributed by atoms with E-state index in [1.165, 1.54) is 11.0 Å². The van der Waals surface area contributed by atoms with Gasteiger partial charge in [0.2, 0.25) is 0 Å². The largest absolute Gasteiger partial charge is 0.457 e. The van der Waals surface area contributed by atoms with Gasteiger partial charge in [-0.3, -0.25) is 24.6 Å². The SMILES string of the molecule is Cc1cc(-c2ccc(/C=C3\SC(=O)N(Cc4ccc(I)cc4)C3=O)o2)ccc1[N+](=O)[O-]. The summed E-state index contributed by atoms with van der Waals surface area (Å²) in [7, 11) is 0. The minimum absolute atomic E-state index is 0.0392. The van der Waals surface area contributed by atoms with Crippen LogP contribution < -0.4 is 0 Å². The lowest BCUT2D eigenvalue weighted by Gasteiger charge is -2.12. The van der Waals surface area contributed by atoms with E-state index in [0.717, 1.165) is 20.9 Å². The number of furan rings is 1. The molecule has 7 nitrogen and oxygen atoms in total. The number of rotatable bonds is 5. The first-order valence-corrected chi connectivity index (χ1v) is 11.1. The monoisotopic (exact) mass is 546 g/mol. The van der Waals surface area contributed by atoms with E-state index in [4.69, 9.17) is 4.42 Å². The molecule has 0 N–H and O–H groups in total. The number of carbonyl (C=O) groups is 2. The van der Waals surface area contributed by atoms with Crippen LogP contribution >= 0.6 is 34.4 Å². The van der Waals surface area contributed by atoms with E-state index in [9.17, 15) is 19.7 Å². The van der Waals surface area contributed by atoms with E-state index < -0.39 is 4.92 Å². The Morgan fingerprint density at radius 3 is 2.55 bits per heavy atom. The maximum absolute atomic E-state index is 12.7. The first-order valence-electron chi connectivity index (χ1n) is 9.17. The summed E-state index contributed by atoms with van der Waals surface area (Å²) in [4.78, 5) is 37.1. The molecule has 1 aromatic heterocycles. The van der Waals surface area contributed by atoms with Crippen LogP contribution in [0.25, 0.3) is 17.4 Å². The minimum atomic E-state index is -0.432. The van der Waals surface area contributed by atoms with Crippen LogP contribution in [-0.2, 0) is 11.3 Å². The van der Waals surface area contributed by atoms with E-state index in [0.29, 0.717) is 22.6 Å². The third-order valence-electron chi connectivity index (χ3n) is 4.71. The maximum atomic E-state index is 12.7. The van der Waals surface area contributed by atoms with Gasteiger partial charge in [-0.15, -0.1) is 0 Å². The highest BCUT2D eigenvalue weighted by molar-refractivity contribution is 14.1. The molecule has 1 aliphatic heterocycles. The van der Waals surface area contributed by atoms with E-state index in [1.54, 1.807) is 37.3 Å². The van der Waals surface area contributed by atoms with Crippen molar-refractivity contribution in [1.82, 2.24) is 4.90 Å². The molecule has 0 aliphatic carbocycles. The van der Waals surface area contributed by atoms with Gasteiger partial charge < -0.3 is 4.42 Å². The third kappa shape index (κ3) is 4.57. The van der Waals surface area contributed by atoms with Gasteiger partial charge in [-0.05, 0) is 83.2 Å². The highest BCUT2D eigenvalue weighted by Crippen LogP contribution is 2.34. The molecule has 2 amide bonds. The number of hydrogen-bond acceptors (Lipinski definition) is 6. The lowest BCUT2D eigenvalue weighted by molar-refractivity contribution is -0.385. The van der Waals surface area contributed by atoms with Crippen molar-refractivity contribution in [2.45, 2.75) is 13.5 Å². The van der Waals surface area contributed by atoms with Crippen LogP contribution in [0.3, 0.4) is 0 Å². The first-order chi connectivity index (χ1) is 14.8. The number of benzene rings is 2. The summed E-state index contributed by atoms with van der Waals surface area (Å²) < 4.78 is 6.87. The van der Waals surface area contributed by atoms with Crippen LogP contribution in [0.4, 0.5) is 10.5 Å². The molecule has 1 saturated heterocycles. The van der Waals surface area contributed by atoms with Crippen molar-refractivity contribution in [2.75, 3.05) is 0 Å². The van der Waals surface area contributed by atoms with Crippen LogP contribution in [0.15, 0.2) is 63.9 Å². The molecule has 0 saturated carbocycles. The smallest absolute Gasteiger partial charge is 0.293 e. The molecule has 0 bridgehead atoms. The topological polar surface area (TPSA) is 93.7 Å². The zero-order chi connectivity index (χ0) is 22.1. The Kier molecular flexibility index (Phi) is 5.96. The zero-order valence-electron chi connectivity index (χ0n) is 16.2. The predicted molar refractivity (Wildman–Crippen MR) is 126 cm³/mol. The molecule has 0 atom stereocenters.